The summed E-state index contributed by atoms with van der Waals surface area (Å²) in [6.45, 7) is 10.3. The summed E-state index contributed by atoms with van der Waals surface area (Å²) in [5, 5.41) is 7.60. The molecule has 1 amide bonds. The van der Waals surface area contributed by atoms with E-state index in [2.05, 4.69) is 13.8 Å². The number of ether oxygens (including phenoxy) is 1. The van der Waals surface area contributed by atoms with Gasteiger partial charge in [0.2, 0.25) is 0 Å². The van der Waals surface area contributed by atoms with Gasteiger partial charge in [-0.2, -0.15) is 0 Å². The van der Waals surface area contributed by atoms with Gasteiger partial charge in [0.15, 0.2) is 0 Å². The van der Waals surface area contributed by atoms with Gasteiger partial charge in [-0.3, -0.25) is 10.3 Å². The van der Waals surface area contributed by atoms with E-state index >= 15 is 0 Å². The van der Waals surface area contributed by atoms with Crippen LogP contribution in [0, 0.1) is 10.8 Å². The quantitative estimate of drug-likeness (QED) is 0.557. The predicted molar refractivity (Wildman–Crippen MR) is 71.7 cm³/mol. The maximum absolute atomic E-state index is 12.2. The van der Waals surface area contributed by atoms with Gasteiger partial charge in [0.1, 0.15) is 11.4 Å². The van der Waals surface area contributed by atoms with Crippen LogP contribution in [0.3, 0.4) is 0 Å². The fraction of sp³-hybridized carbons (Fsp3) is 0.846. The van der Waals surface area contributed by atoms with Crippen molar-refractivity contribution in [2.45, 2.75) is 59.1 Å². The summed E-state index contributed by atoms with van der Waals surface area (Å²) in [7, 11) is 0. The Bertz CT molecular complexity index is 345. The molecule has 0 aromatic heterocycles. The highest BCUT2D eigenvalue weighted by Gasteiger charge is 2.38. The zero-order chi connectivity index (χ0) is 14.1. The molecule has 1 rings (SSSR count). The maximum atomic E-state index is 12.2. The standard InChI is InChI=1S/C13H25N3O2/c1-12(2,3)18-11(17)16-8-13(4,5)7-6-9(16)10(14)15/h9H,6-8H2,1-5H3,(H3,14,15). The molecule has 5 nitrogen and oxygen atoms in total. The first-order chi connectivity index (χ1) is 8.02. The third-order valence-corrected chi connectivity index (χ3v) is 3.06. The molecule has 0 radical (unpaired) electrons. The number of piperidine rings is 1. The summed E-state index contributed by atoms with van der Waals surface area (Å²) in [5.41, 5.74) is 5.10. The second kappa shape index (κ2) is 4.78. The summed E-state index contributed by atoms with van der Waals surface area (Å²) in [6, 6.07) is -0.326. The smallest absolute Gasteiger partial charge is 0.410 e. The Balaban J connectivity index is 2.85. The van der Waals surface area contributed by atoms with Gasteiger partial charge in [-0.1, -0.05) is 13.8 Å². The van der Waals surface area contributed by atoms with E-state index in [-0.39, 0.29) is 23.4 Å². The van der Waals surface area contributed by atoms with Crippen LogP contribution in [0.1, 0.15) is 47.5 Å². The van der Waals surface area contributed by atoms with E-state index in [9.17, 15) is 4.79 Å². The summed E-state index contributed by atoms with van der Waals surface area (Å²) in [4.78, 5) is 13.8. The lowest BCUT2D eigenvalue weighted by atomic mass is 9.81. The molecule has 3 N–H and O–H groups in total. The van der Waals surface area contributed by atoms with Crippen molar-refractivity contribution >= 4 is 11.9 Å². The van der Waals surface area contributed by atoms with Crippen LogP contribution in [-0.2, 0) is 4.74 Å². The highest BCUT2D eigenvalue weighted by molar-refractivity contribution is 5.86. The SMILES string of the molecule is CC1(C)CCC(C(=N)N)N(C(=O)OC(C)(C)C)C1. The van der Waals surface area contributed by atoms with E-state index in [1.807, 2.05) is 20.8 Å². The van der Waals surface area contributed by atoms with E-state index in [4.69, 9.17) is 15.9 Å². The van der Waals surface area contributed by atoms with Crippen molar-refractivity contribution in [1.82, 2.24) is 4.90 Å². The summed E-state index contributed by atoms with van der Waals surface area (Å²) in [5.74, 6) is 0.0383. The molecule has 104 valence electrons. The molecule has 0 aliphatic carbocycles. The average molecular weight is 255 g/mol. The number of rotatable bonds is 1. The van der Waals surface area contributed by atoms with Gasteiger partial charge < -0.3 is 10.5 Å². The lowest BCUT2D eigenvalue weighted by Crippen LogP contribution is -2.55. The van der Waals surface area contributed by atoms with Gasteiger partial charge in [-0.05, 0) is 39.0 Å². The lowest BCUT2D eigenvalue weighted by molar-refractivity contribution is 0.00182. The topological polar surface area (TPSA) is 79.4 Å². The average Bonchev–Trinajstić information content (AvgIpc) is 2.12. The number of nitrogens with one attached hydrogen (secondary N) is 1. The van der Waals surface area contributed by atoms with Crippen molar-refractivity contribution in [2.75, 3.05) is 6.54 Å². The maximum Gasteiger partial charge on any atom is 0.410 e. The zero-order valence-electron chi connectivity index (χ0n) is 12.0. The second-order valence-electron chi connectivity index (χ2n) is 6.78. The number of amidine groups is 1. The highest BCUT2D eigenvalue weighted by Crippen LogP contribution is 2.32. The zero-order valence-corrected chi connectivity index (χ0v) is 12.0. The van der Waals surface area contributed by atoms with Crippen LogP contribution in [0.25, 0.3) is 0 Å². The summed E-state index contributed by atoms with van der Waals surface area (Å²) < 4.78 is 5.39. The number of nitrogens with two attached hydrogens (primary N) is 1. The largest absolute Gasteiger partial charge is 0.444 e. The minimum absolute atomic E-state index is 0.0383. The van der Waals surface area contributed by atoms with Crippen LogP contribution in [-0.4, -0.2) is 35.0 Å². The van der Waals surface area contributed by atoms with Crippen LogP contribution in [0.5, 0.6) is 0 Å². The van der Waals surface area contributed by atoms with Gasteiger partial charge in [-0.25, -0.2) is 4.79 Å². The number of hydrogen-bond acceptors (Lipinski definition) is 3. The first kappa shape index (κ1) is 14.8. The Labute approximate surface area is 109 Å². The van der Waals surface area contributed by atoms with Crippen molar-refractivity contribution in [3.63, 3.8) is 0 Å². The molecule has 1 heterocycles. The minimum atomic E-state index is -0.528. The molecule has 1 saturated heterocycles. The van der Waals surface area contributed by atoms with Gasteiger partial charge in [0.05, 0.1) is 6.04 Å². The Morgan fingerprint density at radius 1 is 1.44 bits per heavy atom. The number of carbonyl (C=O) groups is 1. The van der Waals surface area contributed by atoms with Crippen LogP contribution in [0.15, 0.2) is 0 Å². The molecule has 18 heavy (non-hydrogen) atoms. The van der Waals surface area contributed by atoms with Crippen LogP contribution >= 0.6 is 0 Å². The van der Waals surface area contributed by atoms with E-state index < -0.39 is 5.60 Å². The monoisotopic (exact) mass is 255 g/mol. The molecule has 0 aromatic rings. The highest BCUT2D eigenvalue weighted by atomic mass is 16.6. The Morgan fingerprint density at radius 2 is 2.00 bits per heavy atom. The Morgan fingerprint density at radius 3 is 2.44 bits per heavy atom. The van der Waals surface area contributed by atoms with Crippen molar-refractivity contribution in [1.29, 1.82) is 5.41 Å². The summed E-state index contributed by atoms with van der Waals surface area (Å²) in [6.07, 6.45) is 1.30. The molecule has 0 aromatic carbocycles. The fourth-order valence-corrected chi connectivity index (χ4v) is 2.17. The van der Waals surface area contributed by atoms with Gasteiger partial charge in [-0.15, -0.1) is 0 Å². The third-order valence-electron chi connectivity index (χ3n) is 3.06. The second-order valence-corrected chi connectivity index (χ2v) is 6.78. The van der Waals surface area contributed by atoms with E-state index in [1.54, 1.807) is 4.90 Å². The fourth-order valence-electron chi connectivity index (χ4n) is 2.17. The lowest BCUT2D eigenvalue weighted by Gasteiger charge is -2.43. The number of carbonyl (C=O) groups excluding carboxylic acids is 1. The minimum Gasteiger partial charge on any atom is -0.444 e. The molecule has 0 spiro atoms. The molecule has 5 heteroatoms. The first-order valence-electron chi connectivity index (χ1n) is 6.35. The Hall–Kier alpha value is -1.26. The molecule has 1 aliphatic rings. The molecule has 1 aliphatic heterocycles. The van der Waals surface area contributed by atoms with E-state index in [1.165, 1.54) is 0 Å². The van der Waals surface area contributed by atoms with Gasteiger partial charge in [0, 0.05) is 6.54 Å². The molecule has 1 fully saturated rings. The molecule has 1 atom stereocenters. The van der Waals surface area contributed by atoms with E-state index in [0.717, 1.165) is 12.8 Å². The number of nitrogens with zero attached hydrogens (tertiary/aromatic N) is 1. The first-order valence-corrected chi connectivity index (χ1v) is 6.35. The van der Waals surface area contributed by atoms with Crippen molar-refractivity contribution in [3.05, 3.63) is 0 Å². The summed E-state index contributed by atoms with van der Waals surface area (Å²) >= 11 is 0. The number of likely N-dealkylation sites (tertiary alicyclic amines) is 1. The van der Waals surface area contributed by atoms with Crippen molar-refractivity contribution in [3.8, 4) is 0 Å². The van der Waals surface area contributed by atoms with Crippen molar-refractivity contribution < 1.29 is 9.53 Å². The van der Waals surface area contributed by atoms with Crippen LogP contribution in [0.2, 0.25) is 0 Å². The predicted octanol–water partition coefficient (Wildman–Crippen LogP) is 2.35. The molecule has 0 saturated carbocycles. The van der Waals surface area contributed by atoms with Gasteiger partial charge in [0.25, 0.3) is 0 Å². The number of amides is 1. The van der Waals surface area contributed by atoms with Crippen LogP contribution in [0.4, 0.5) is 4.79 Å². The van der Waals surface area contributed by atoms with Crippen LogP contribution < -0.4 is 5.73 Å². The molecule has 1 unspecified atom stereocenters. The van der Waals surface area contributed by atoms with Gasteiger partial charge >= 0.3 is 6.09 Å². The Kier molecular flexibility index (Phi) is 3.93. The molecule has 0 bridgehead atoms. The number of hydrogen-bond donors (Lipinski definition) is 2. The molecular formula is C13H25N3O2. The van der Waals surface area contributed by atoms with Crippen molar-refractivity contribution in [2.24, 2.45) is 11.1 Å². The van der Waals surface area contributed by atoms with E-state index in [0.29, 0.717) is 6.54 Å². The third kappa shape index (κ3) is 3.89. The normalized spacial score (nSPS) is 23.6. The molecular weight excluding hydrogens is 230 g/mol.